The minimum Gasteiger partial charge on any atom is -0.357 e. The Bertz CT molecular complexity index is 289. The van der Waals surface area contributed by atoms with Gasteiger partial charge in [0.1, 0.15) is 0 Å². The molecule has 1 saturated heterocycles. The summed E-state index contributed by atoms with van der Waals surface area (Å²) >= 11 is 0. The Morgan fingerprint density at radius 3 is 2.42 bits per heavy atom. The van der Waals surface area contributed by atoms with E-state index in [0.717, 1.165) is 25.0 Å². The van der Waals surface area contributed by atoms with Gasteiger partial charge in [0.15, 0.2) is 5.96 Å². The van der Waals surface area contributed by atoms with Crippen LogP contribution in [0.25, 0.3) is 0 Å². The van der Waals surface area contributed by atoms with Gasteiger partial charge in [-0.25, -0.2) is 0 Å². The Kier molecular flexibility index (Phi) is 5.49. The molecule has 0 amide bonds. The molecule has 0 bridgehead atoms. The third-order valence-corrected chi connectivity index (χ3v) is 4.15. The van der Waals surface area contributed by atoms with Crippen molar-refractivity contribution in [3.8, 4) is 0 Å². The van der Waals surface area contributed by atoms with Gasteiger partial charge in [-0.15, -0.1) is 0 Å². The number of piperidine rings is 1. The molecule has 1 heterocycles. The molecule has 0 atom stereocenters. The third kappa shape index (κ3) is 5.01. The van der Waals surface area contributed by atoms with Crippen LogP contribution in [0.15, 0.2) is 4.99 Å². The minimum atomic E-state index is 0.590. The number of nitrogens with one attached hydrogen (secondary N) is 2. The first kappa shape index (κ1) is 14.6. The summed E-state index contributed by atoms with van der Waals surface area (Å²) in [7, 11) is 0. The van der Waals surface area contributed by atoms with E-state index in [4.69, 9.17) is 4.99 Å². The molecule has 2 fully saturated rings. The molecule has 4 heteroatoms. The van der Waals surface area contributed by atoms with Crippen LogP contribution >= 0.6 is 0 Å². The number of guanidine groups is 1. The predicted octanol–water partition coefficient (Wildman–Crippen LogP) is 1.82. The van der Waals surface area contributed by atoms with E-state index in [1.54, 1.807) is 0 Å². The van der Waals surface area contributed by atoms with E-state index in [1.165, 1.54) is 38.8 Å². The summed E-state index contributed by atoms with van der Waals surface area (Å²) in [5.74, 6) is 1.88. The molecule has 1 saturated carbocycles. The van der Waals surface area contributed by atoms with E-state index in [-0.39, 0.29) is 0 Å². The second-order valence-electron chi connectivity index (χ2n) is 6.21. The summed E-state index contributed by atoms with van der Waals surface area (Å²) in [6, 6.07) is 1.27. The quantitative estimate of drug-likeness (QED) is 0.589. The van der Waals surface area contributed by atoms with E-state index >= 15 is 0 Å². The van der Waals surface area contributed by atoms with Crippen LogP contribution in [-0.4, -0.2) is 49.1 Å². The number of nitrogens with zero attached hydrogens (tertiary/aromatic N) is 2. The van der Waals surface area contributed by atoms with Gasteiger partial charge in [-0.3, -0.25) is 4.99 Å². The van der Waals surface area contributed by atoms with Crippen molar-refractivity contribution in [2.24, 2.45) is 10.9 Å². The van der Waals surface area contributed by atoms with E-state index in [9.17, 15) is 0 Å². The van der Waals surface area contributed by atoms with Crippen LogP contribution in [0.2, 0.25) is 0 Å². The zero-order valence-corrected chi connectivity index (χ0v) is 12.8. The van der Waals surface area contributed by atoms with Crippen molar-refractivity contribution in [3.05, 3.63) is 0 Å². The SMILES string of the molecule is CCNC(=NCC1CC1)NC1CCN(C(C)C)CC1. The molecule has 1 aliphatic carbocycles. The molecular weight excluding hydrogens is 236 g/mol. The first-order valence-corrected chi connectivity index (χ1v) is 7.98. The Morgan fingerprint density at radius 2 is 1.89 bits per heavy atom. The van der Waals surface area contributed by atoms with Gasteiger partial charge >= 0.3 is 0 Å². The van der Waals surface area contributed by atoms with Gasteiger partial charge in [-0.1, -0.05) is 0 Å². The fourth-order valence-electron chi connectivity index (χ4n) is 2.59. The van der Waals surface area contributed by atoms with Crippen molar-refractivity contribution in [3.63, 3.8) is 0 Å². The largest absolute Gasteiger partial charge is 0.357 e. The van der Waals surface area contributed by atoms with Crippen molar-refractivity contribution in [1.29, 1.82) is 0 Å². The Labute approximate surface area is 118 Å². The third-order valence-electron chi connectivity index (χ3n) is 4.15. The lowest BCUT2D eigenvalue weighted by atomic mass is 10.0. The molecule has 0 aromatic carbocycles. The van der Waals surface area contributed by atoms with E-state index < -0.39 is 0 Å². The average Bonchev–Trinajstić information content (AvgIpc) is 3.21. The van der Waals surface area contributed by atoms with Crippen LogP contribution in [0, 0.1) is 5.92 Å². The fraction of sp³-hybridized carbons (Fsp3) is 0.933. The van der Waals surface area contributed by atoms with Gasteiger partial charge in [0.05, 0.1) is 0 Å². The van der Waals surface area contributed by atoms with Crippen LogP contribution in [0.5, 0.6) is 0 Å². The summed E-state index contributed by atoms with van der Waals surface area (Å²) in [5.41, 5.74) is 0. The van der Waals surface area contributed by atoms with Crippen LogP contribution in [0.3, 0.4) is 0 Å². The Morgan fingerprint density at radius 1 is 1.21 bits per heavy atom. The highest BCUT2D eigenvalue weighted by Crippen LogP contribution is 2.28. The van der Waals surface area contributed by atoms with Crippen LogP contribution in [0.1, 0.15) is 46.5 Å². The number of hydrogen-bond donors (Lipinski definition) is 2. The van der Waals surface area contributed by atoms with Gasteiger partial charge in [0.25, 0.3) is 0 Å². The maximum absolute atomic E-state index is 4.70. The Hall–Kier alpha value is -0.770. The zero-order chi connectivity index (χ0) is 13.7. The summed E-state index contributed by atoms with van der Waals surface area (Å²) in [4.78, 5) is 7.27. The van der Waals surface area contributed by atoms with Crippen LogP contribution < -0.4 is 10.6 Å². The van der Waals surface area contributed by atoms with E-state index in [2.05, 4.69) is 36.3 Å². The highest BCUT2D eigenvalue weighted by atomic mass is 15.2. The molecule has 2 aliphatic rings. The van der Waals surface area contributed by atoms with E-state index in [0.29, 0.717) is 12.1 Å². The maximum atomic E-state index is 4.70. The predicted molar refractivity (Wildman–Crippen MR) is 81.6 cm³/mol. The monoisotopic (exact) mass is 266 g/mol. The normalized spacial score (nSPS) is 22.8. The van der Waals surface area contributed by atoms with E-state index in [1.807, 2.05) is 0 Å². The summed E-state index contributed by atoms with van der Waals surface area (Å²) in [6.07, 6.45) is 5.20. The second-order valence-corrected chi connectivity index (χ2v) is 6.21. The highest BCUT2D eigenvalue weighted by Gasteiger charge is 2.23. The van der Waals surface area contributed by atoms with Gasteiger partial charge in [-0.05, 0) is 52.4 Å². The van der Waals surface area contributed by atoms with Gasteiger partial charge in [0.2, 0.25) is 0 Å². The summed E-state index contributed by atoms with van der Waals surface area (Å²) in [6.45, 7) is 11.1. The molecule has 0 spiro atoms. The standard InChI is InChI=1S/C15H30N4/c1-4-16-15(17-11-13-5-6-13)18-14-7-9-19(10-8-14)12(2)3/h12-14H,4-11H2,1-3H3,(H2,16,17,18). The van der Waals surface area contributed by atoms with Crippen molar-refractivity contribution in [1.82, 2.24) is 15.5 Å². The molecular formula is C15H30N4. The summed E-state index contributed by atoms with van der Waals surface area (Å²) < 4.78 is 0. The van der Waals surface area contributed by atoms with Gasteiger partial charge < -0.3 is 15.5 Å². The number of hydrogen-bond acceptors (Lipinski definition) is 2. The zero-order valence-electron chi connectivity index (χ0n) is 12.8. The lowest BCUT2D eigenvalue weighted by Gasteiger charge is -2.35. The lowest BCUT2D eigenvalue weighted by molar-refractivity contribution is 0.167. The molecule has 1 aliphatic heterocycles. The van der Waals surface area contributed by atoms with Crippen molar-refractivity contribution in [2.45, 2.75) is 58.5 Å². The smallest absolute Gasteiger partial charge is 0.191 e. The molecule has 0 radical (unpaired) electrons. The fourth-order valence-corrected chi connectivity index (χ4v) is 2.59. The van der Waals surface area contributed by atoms with Crippen molar-refractivity contribution in [2.75, 3.05) is 26.2 Å². The average molecular weight is 266 g/mol. The second kappa shape index (κ2) is 7.13. The lowest BCUT2D eigenvalue weighted by Crippen LogP contribution is -2.49. The molecule has 0 unspecified atom stereocenters. The minimum absolute atomic E-state index is 0.590. The topological polar surface area (TPSA) is 39.7 Å². The van der Waals surface area contributed by atoms with Crippen molar-refractivity contribution < 1.29 is 0 Å². The van der Waals surface area contributed by atoms with Gasteiger partial charge in [-0.2, -0.15) is 0 Å². The van der Waals surface area contributed by atoms with Gasteiger partial charge in [0, 0.05) is 38.3 Å². The molecule has 0 aromatic rings. The Balaban J connectivity index is 1.75. The molecule has 2 rings (SSSR count). The molecule has 2 N–H and O–H groups in total. The maximum Gasteiger partial charge on any atom is 0.191 e. The molecule has 0 aromatic heterocycles. The molecule has 110 valence electrons. The summed E-state index contributed by atoms with van der Waals surface area (Å²) in [5, 5.41) is 6.98. The number of likely N-dealkylation sites (tertiary alicyclic amines) is 1. The van der Waals surface area contributed by atoms with Crippen molar-refractivity contribution >= 4 is 5.96 Å². The first-order valence-electron chi connectivity index (χ1n) is 7.98. The molecule has 19 heavy (non-hydrogen) atoms. The first-order chi connectivity index (χ1) is 9.19. The highest BCUT2D eigenvalue weighted by molar-refractivity contribution is 5.80. The molecule has 4 nitrogen and oxygen atoms in total. The van der Waals surface area contributed by atoms with Crippen LogP contribution in [0.4, 0.5) is 0 Å². The number of aliphatic imine (C=N–C) groups is 1. The number of rotatable bonds is 5. The van der Waals surface area contributed by atoms with Crippen LogP contribution in [-0.2, 0) is 0 Å².